The van der Waals surface area contributed by atoms with Gasteiger partial charge in [0.2, 0.25) is 0 Å². The molecule has 1 aromatic heterocycles. The normalized spacial score (nSPS) is 9.29. The van der Waals surface area contributed by atoms with Crippen LogP contribution in [0.2, 0.25) is 0 Å². The predicted octanol–water partition coefficient (Wildman–Crippen LogP) is 1.11. The average Bonchev–Trinajstić information content (AvgIpc) is 2.14. The van der Waals surface area contributed by atoms with Gasteiger partial charge >= 0.3 is 0 Å². The second kappa shape index (κ2) is 2.02. The lowest BCUT2D eigenvalue weighted by molar-refractivity contribution is 1.25. The van der Waals surface area contributed by atoms with Gasteiger partial charge in [0.15, 0.2) is 0 Å². The van der Waals surface area contributed by atoms with Gasteiger partial charge in [0.05, 0.1) is 0 Å². The molecule has 0 saturated carbocycles. The quantitative estimate of drug-likeness (QED) is 0.545. The summed E-state index contributed by atoms with van der Waals surface area (Å²) in [5.74, 6) is 0. The van der Waals surface area contributed by atoms with Crippen LogP contribution in [-0.4, -0.2) is 9.36 Å². The second-order valence-corrected chi connectivity index (χ2v) is 1.88. The summed E-state index contributed by atoms with van der Waals surface area (Å²) in [7, 11) is 0. The molecule has 1 rings (SSSR count). The van der Waals surface area contributed by atoms with E-state index in [1.54, 1.807) is 6.33 Å². The molecule has 1 heterocycles. The maximum Gasteiger partial charge on any atom is 0.129 e. The van der Waals surface area contributed by atoms with Crippen LogP contribution in [0.3, 0.4) is 0 Å². The smallest absolute Gasteiger partial charge is 0.129 e. The first-order chi connectivity index (χ1) is 3.43. The Bertz CT molecular complexity index is 124. The molecular weight excluding hydrogens is 108 g/mol. The van der Waals surface area contributed by atoms with E-state index in [0.717, 1.165) is 5.01 Å². The van der Waals surface area contributed by atoms with Crippen molar-refractivity contribution in [1.82, 2.24) is 9.36 Å². The van der Waals surface area contributed by atoms with Crippen LogP contribution in [0, 0.1) is 6.42 Å². The second-order valence-electron chi connectivity index (χ2n) is 1.07. The van der Waals surface area contributed by atoms with Crippen molar-refractivity contribution in [3.05, 3.63) is 17.8 Å². The highest BCUT2D eigenvalue weighted by molar-refractivity contribution is 7.05. The van der Waals surface area contributed by atoms with Crippen LogP contribution in [0.15, 0.2) is 6.33 Å². The Balaban J connectivity index is 2.76. The first-order valence-corrected chi connectivity index (χ1v) is 2.77. The molecule has 7 heavy (non-hydrogen) atoms. The molecule has 0 fully saturated rings. The van der Waals surface area contributed by atoms with Crippen molar-refractivity contribution in [2.24, 2.45) is 0 Å². The molecule has 0 aromatic carbocycles. The van der Waals surface area contributed by atoms with Crippen molar-refractivity contribution in [2.75, 3.05) is 0 Å². The van der Waals surface area contributed by atoms with Crippen molar-refractivity contribution in [2.45, 2.75) is 6.92 Å². The van der Waals surface area contributed by atoms with Crippen LogP contribution in [0.1, 0.15) is 11.9 Å². The van der Waals surface area contributed by atoms with Gasteiger partial charge in [-0.15, -0.1) is 0 Å². The summed E-state index contributed by atoms with van der Waals surface area (Å²) in [6, 6.07) is 0. The Morgan fingerprint density at radius 2 is 2.71 bits per heavy atom. The lowest BCUT2D eigenvalue weighted by Crippen LogP contribution is -1.67. The first kappa shape index (κ1) is 4.71. The molecule has 0 atom stereocenters. The van der Waals surface area contributed by atoms with Crippen molar-refractivity contribution in [3.63, 3.8) is 0 Å². The van der Waals surface area contributed by atoms with Gasteiger partial charge in [0.25, 0.3) is 0 Å². The van der Waals surface area contributed by atoms with Crippen LogP contribution in [0.25, 0.3) is 0 Å². The Kier molecular flexibility index (Phi) is 1.36. The minimum Gasteiger partial charge on any atom is -0.228 e. The van der Waals surface area contributed by atoms with Crippen LogP contribution >= 0.6 is 11.5 Å². The van der Waals surface area contributed by atoms with Gasteiger partial charge in [0, 0.05) is 6.42 Å². The molecule has 3 heteroatoms. The van der Waals surface area contributed by atoms with Crippen LogP contribution < -0.4 is 0 Å². The summed E-state index contributed by atoms with van der Waals surface area (Å²) >= 11 is 1.41. The van der Waals surface area contributed by atoms with Gasteiger partial charge in [-0.1, -0.05) is 6.92 Å². The first-order valence-electron chi connectivity index (χ1n) is 1.99. The molecular formula is C4H5N2S. The largest absolute Gasteiger partial charge is 0.228 e. The summed E-state index contributed by atoms with van der Waals surface area (Å²) < 4.78 is 3.79. The monoisotopic (exact) mass is 113 g/mol. The molecule has 2 nitrogen and oxygen atoms in total. The summed E-state index contributed by atoms with van der Waals surface area (Å²) in [5, 5.41) is 0.986. The zero-order valence-electron chi connectivity index (χ0n) is 3.96. The number of hydrogen-bond acceptors (Lipinski definition) is 3. The fourth-order valence-corrected chi connectivity index (χ4v) is 0.711. The van der Waals surface area contributed by atoms with E-state index in [0.29, 0.717) is 0 Å². The Hall–Kier alpha value is -0.440. The van der Waals surface area contributed by atoms with Crippen LogP contribution in [0.5, 0.6) is 0 Å². The van der Waals surface area contributed by atoms with Crippen LogP contribution in [-0.2, 0) is 0 Å². The standard InChI is InChI=1S/C4H5N2S/c1-2-4-5-3-6-7-4/h2-3H,1H3. The van der Waals surface area contributed by atoms with E-state index < -0.39 is 0 Å². The van der Waals surface area contributed by atoms with Crippen molar-refractivity contribution >= 4 is 11.5 Å². The molecule has 0 amide bonds. The van der Waals surface area contributed by atoms with Gasteiger partial charge in [-0.05, 0) is 11.5 Å². The van der Waals surface area contributed by atoms with Gasteiger partial charge in [-0.3, -0.25) is 0 Å². The average molecular weight is 113 g/mol. The molecule has 37 valence electrons. The summed E-state index contributed by atoms with van der Waals surface area (Å²) in [6.07, 6.45) is 3.48. The Morgan fingerprint density at radius 1 is 1.86 bits per heavy atom. The Morgan fingerprint density at radius 3 is 3.00 bits per heavy atom. The maximum absolute atomic E-state index is 3.89. The number of hydrogen-bond donors (Lipinski definition) is 0. The van der Waals surface area contributed by atoms with Gasteiger partial charge in [-0.2, -0.15) is 4.37 Å². The molecule has 0 aliphatic heterocycles. The predicted molar refractivity (Wildman–Crippen MR) is 29.0 cm³/mol. The lowest BCUT2D eigenvalue weighted by atomic mass is 10.5. The third-order valence-corrected chi connectivity index (χ3v) is 1.35. The van der Waals surface area contributed by atoms with E-state index in [9.17, 15) is 0 Å². The minimum absolute atomic E-state index is 0.986. The van der Waals surface area contributed by atoms with Crippen LogP contribution in [0.4, 0.5) is 0 Å². The van der Waals surface area contributed by atoms with Crippen molar-refractivity contribution in [3.8, 4) is 0 Å². The SMILES string of the molecule is C[CH]c1ncns1. The highest BCUT2D eigenvalue weighted by atomic mass is 32.1. The maximum atomic E-state index is 3.89. The zero-order chi connectivity index (χ0) is 5.11. The zero-order valence-corrected chi connectivity index (χ0v) is 4.77. The molecule has 0 saturated heterocycles. The topological polar surface area (TPSA) is 25.8 Å². The molecule has 0 N–H and O–H groups in total. The molecule has 0 spiro atoms. The molecule has 1 radical (unpaired) electrons. The van der Waals surface area contributed by atoms with E-state index in [-0.39, 0.29) is 0 Å². The third kappa shape index (κ3) is 0.962. The Labute approximate surface area is 46.4 Å². The number of rotatable bonds is 1. The summed E-state index contributed by atoms with van der Waals surface area (Å²) in [4.78, 5) is 3.89. The highest BCUT2D eigenvalue weighted by Gasteiger charge is 1.86. The summed E-state index contributed by atoms with van der Waals surface area (Å²) in [5.41, 5.74) is 0. The fraction of sp³-hybridized carbons (Fsp3) is 0.250. The van der Waals surface area contributed by atoms with Crippen molar-refractivity contribution in [1.29, 1.82) is 0 Å². The van der Waals surface area contributed by atoms with Gasteiger partial charge < -0.3 is 0 Å². The molecule has 1 aromatic rings. The van der Waals surface area contributed by atoms with E-state index in [4.69, 9.17) is 0 Å². The minimum atomic E-state index is 0.986. The van der Waals surface area contributed by atoms with Gasteiger partial charge in [0.1, 0.15) is 11.3 Å². The van der Waals surface area contributed by atoms with E-state index in [1.165, 1.54) is 11.5 Å². The molecule has 0 bridgehead atoms. The lowest BCUT2D eigenvalue weighted by Gasteiger charge is -1.74. The van der Waals surface area contributed by atoms with Crippen molar-refractivity contribution < 1.29 is 0 Å². The molecule has 0 aliphatic carbocycles. The fourth-order valence-electron chi connectivity index (χ4n) is 0.309. The molecule has 0 unspecified atom stereocenters. The van der Waals surface area contributed by atoms with E-state index in [1.807, 2.05) is 13.3 Å². The molecule has 0 aliphatic rings. The third-order valence-electron chi connectivity index (χ3n) is 0.625. The highest BCUT2D eigenvalue weighted by Crippen LogP contribution is 1.99. The number of aromatic nitrogens is 2. The van der Waals surface area contributed by atoms with Gasteiger partial charge in [-0.25, -0.2) is 4.98 Å². The van der Waals surface area contributed by atoms with E-state index >= 15 is 0 Å². The van der Waals surface area contributed by atoms with E-state index in [2.05, 4.69) is 9.36 Å². The summed E-state index contributed by atoms with van der Waals surface area (Å²) in [6.45, 7) is 1.94. The number of nitrogens with zero attached hydrogens (tertiary/aromatic N) is 2.